The number of nitrogens with one attached hydrogen (secondary N) is 1. The van der Waals surface area contributed by atoms with Crippen molar-refractivity contribution in [3.05, 3.63) is 41.5 Å². The molecule has 1 aromatic carbocycles. The van der Waals surface area contributed by atoms with Crippen LogP contribution in [0, 0.1) is 6.92 Å². The molecule has 1 aliphatic heterocycles. The maximum atomic E-state index is 11.4. The van der Waals surface area contributed by atoms with Crippen LogP contribution >= 0.6 is 0 Å². The van der Waals surface area contributed by atoms with E-state index in [1.54, 1.807) is 6.92 Å². The van der Waals surface area contributed by atoms with Gasteiger partial charge in [-0.1, -0.05) is 17.3 Å². The molecule has 8 heteroatoms. The van der Waals surface area contributed by atoms with E-state index in [0.29, 0.717) is 24.7 Å². The molecule has 1 atom stereocenters. The van der Waals surface area contributed by atoms with E-state index in [9.17, 15) is 8.42 Å². The summed E-state index contributed by atoms with van der Waals surface area (Å²) in [7, 11) is -2.84. The maximum absolute atomic E-state index is 11.4. The molecule has 124 valence electrons. The fourth-order valence-electron chi connectivity index (χ4n) is 2.47. The van der Waals surface area contributed by atoms with Crippen LogP contribution in [0.25, 0.3) is 0 Å². The van der Waals surface area contributed by atoms with Gasteiger partial charge in [-0.25, -0.2) is 8.42 Å². The lowest BCUT2D eigenvalue weighted by Gasteiger charge is -2.11. The molecule has 3 rings (SSSR count). The minimum absolute atomic E-state index is 0.0532. The largest absolute Gasteiger partial charge is 0.485 e. The first-order chi connectivity index (χ1) is 11.0. The van der Waals surface area contributed by atoms with Crippen LogP contribution < -0.4 is 10.1 Å². The van der Waals surface area contributed by atoms with Crippen molar-refractivity contribution in [3.8, 4) is 5.75 Å². The smallest absolute Gasteiger partial charge is 0.223 e. The van der Waals surface area contributed by atoms with Crippen LogP contribution in [0.3, 0.4) is 0 Å². The fourth-order valence-corrected chi connectivity index (χ4v) is 4.18. The normalized spacial score (nSPS) is 19.8. The van der Waals surface area contributed by atoms with Crippen LogP contribution in [-0.4, -0.2) is 36.1 Å². The Balaban J connectivity index is 1.47. The molecule has 0 radical (unpaired) electrons. The molecule has 0 saturated carbocycles. The first-order valence-corrected chi connectivity index (χ1v) is 9.27. The van der Waals surface area contributed by atoms with Gasteiger partial charge in [-0.2, -0.15) is 4.98 Å². The van der Waals surface area contributed by atoms with Gasteiger partial charge in [0.15, 0.2) is 16.4 Å². The van der Waals surface area contributed by atoms with Gasteiger partial charge in [0.1, 0.15) is 5.75 Å². The molecule has 0 spiro atoms. The molecule has 1 aliphatic rings. The summed E-state index contributed by atoms with van der Waals surface area (Å²) in [4.78, 5) is 4.07. The Morgan fingerprint density at radius 1 is 1.35 bits per heavy atom. The van der Waals surface area contributed by atoms with E-state index < -0.39 is 9.84 Å². The Labute approximate surface area is 135 Å². The van der Waals surface area contributed by atoms with E-state index in [2.05, 4.69) is 15.5 Å². The summed E-state index contributed by atoms with van der Waals surface area (Å²) in [6.45, 7) is 2.63. The lowest BCUT2D eigenvalue weighted by molar-refractivity contribution is 0.285. The molecule has 0 unspecified atom stereocenters. The number of nitrogens with zero attached hydrogens (tertiary/aromatic N) is 2. The fraction of sp³-hybridized carbons (Fsp3) is 0.467. The predicted molar refractivity (Wildman–Crippen MR) is 83.7 cm³/mol. The molecule has 0 amide bonds. The molecule has 1 aromatic heterocycles. The van der Waals surface area contributed by atoms with Gasteiger partial charge in [0.05, 0.1) is 11.5 Å². The molecule has 0 bridgehead atoms. The van der Waals surface area contributed by atoms with E-state index in [1.165, 1.54) is 0 Å². The molecule has 2 aromatic rings. The Hall–Kier alpha value is -1.93. The number of benzene rings is 1. The Morgan fingerprint density at radius 3 is 2.74 bits per heavy atom. The standard InChI is InChI=1S/C15H19N3O4S/c1-11-17-15(18-22-11)9-21-14-4-2-12(3-5-14)8-16-13-6-7-23(19,20)10-13/h2-5,13,16H,6-10H2,1H3/t13-/m1/s1. The van der Waals surface area contributed by atoms with E-state index >= 15 is 0 Å². The third kappa shape index (κ3) is 4.52. The predicted octanol–water partition coefficient (Wildman–Crippen LogP) is 1.23. The van der Waals surface area contributed by atoms with Crippen molar-refractivity contribution in [2.24, 2.45) is 0 Å². The highest BCUT2D eigenvalue weighted by molar-refractivity contribution is 7.91. The molecule has 23 heavy (non-hydrogen) atoms. The molecule has 0 aliphatic carbocycles. The summed E-state index contributed by atoms with van der Waals surface area (Å²) in [6, 6.07) is 7.70. The van der Waals surface area contributed by atoms with Crippen molar-refractivity contribution in [2.75, 3.05) is 11.5 Å². The van der Waals surface area contributed by atoms with Crippen molar-refractivity contribution in [2.45, 2.75) is 32.5 Å². The number of sulfone groups is 1. The third-order valence-electron chi connectivity index (χ3n) is 3.69. The van der Waals surface area contributed by atoms with Gasteiger partial charge in [-0.3, -0.25) is 0 Å². The second-order valence-electron chi connectivity index (χ2n) is 5.64. The SMILES string of the molecule is Cc1nc(COc2ccc(CN[C@@H]3CCS(=O)(=O)C3)cc2)no1. The zero-order valence-electron chi connectivity index (χ0n) is 12.9. The van der Waals surface area contributed by atoms with Gasteiger partial charge in [-0.05, 0) is 24.1 Å². The number of ether oxygens (including phenoxy) is 1. The van der Waals surface area contributed by atoms with Gasteiger partial charge in [0.25, 0.3) is 0 Å². The van der Waals surface area contributed by atoms with Crippen molar-refractivity contribution in [1.29, 1.82) is 0 Å². The van der Waals surface area contributed by atoms with Gasteiger partial charge in [0.2, 0.25) is 11.7 Å². The average Bonchev–Trinajstić information content (AvgIpc) is 3.09. The Kier molecular flexibility index (Phi) is 4.63. The number of hydrogen-bond acceptors (Lipinski definition) is 7. The molecule has 1 N–H and O–H groups in total. The topological polar surface area (TPSA) is 94.3 Å². The summed E-state index contributed by atoms with van der Waals surface area (Å²) in [6.07, 6.45) is 0.688. The van der Waals surface area contributed by atoms with Gasteiger partial charge in [0, 0.05) is 19.5 Å². The van der Waals surface area contributed by atoms with Crippen LogP contribution in [0.1, 0.15) is 23.7 Å². The van der Waals surface area contributed by atoms with Gasteiger partial charge < -0.3 is 14.6 Å². The summed E-state index contributed by atoms with van der Waals surface area (Å²) in [5.74, 6) is 2.26. The highest BCUT2D eigenvalue weighted by atomic mass is 32.2. The Morgan fingerprint density at radius 2 is 2.13 bits per heavy atom. The highest BCUT2D eigenvalue weighted by Crippen LogP contribution is 2.15. The van der Waals surface area contributed by atoms with Gasteiger partial charge in [-0.15, -0.1) is 0 Å². The molecule has 1 saturated heterocycles. The summed E-state index contributed by atoms with van der Waals surface area (Å²) in [5, 5.41) is 7.04. The van der Waals surface area contributed by atoms with E-state index in [0.717, 1.165) is 11.3 Å². The number of hydrogen-bond donors (Lipinski definition) is 1. The second kappa shape index (κ2) is 6.67. The number of aromatic nitrogens is 2. The highest BCUT2D eigenvalue weighted by Gasteiger charge is 2.27. The lowest BCUT2D eigenvalue weighted by atomic mass is 10.2. The maximum Gasteiger partial charge on any atom is 0.223 e. The molecule has 2 heterocycles. The van der Waals surface area contributed by atoms with Crippen molar-refractivity contribution < 1.29 is 17.7 Å². The monoisotopic (exact) mass is 337 g/mol. The molecular formula is C15H19N3O4S. The van der Waals surface area contributed by atoms with Crippen LogP contribution in [0.2, 0.25) is 0 Å². The van der Waals surface area contributed by atoms with E-state index in [4.69, 9.17) is 9.26 Å². The second-order valence-corrected chi connectivity index (χ2v) is 7.87. The van der Waals surface area contributed by atoms with E-state index in [-0.39, 0.29) is 24.2 Å². The van der Waals surface area contributed by atoms with Crippen LogP contribution in [-0.2, 0) is 23.0 Å². The van der Waals surface area contributed by atoms with Crippen molar-refractivity contribution in [1.82, 2.24) is 15.5 Å². The van der Waals surface area contributed by atoms with E-state index in [1.807, 2.05) is 24.3 Å². The quantitative estimate of drug-likeness (QED) is 0.847. The van der Waals surface area contributed by atoms with Crippen molar-refractivity contribution >= 4 is 9.84 Å². The number of aryl methyl sites for hydroxylation is 1. The zero-order valence-corrected chi connectivity index (χ0v) is 13.7. The summed E-state index contributed by atoms with van der Waals surface area (Å²) >= 11 is 0. The summed E-state index contributed by atoms with van der Waals surface area (Å²) in [5.41, 5.74) is 1.08. The van der Waals surface area contributed by atoms with Crippen LogP contribution in [0.4, 0.5) is 0 Å². The Bertz CT molecular complexity index is 755. The third-order valence-corrected chi connectivity index (χ3v) is 5.46. The molecular weight excluding hydrogens is 318 g/mol. The van der Waals surface area contributed by atoms with Crippen LogP contribution in [0.15, 0.2) is 28.8 Å². The zero-order chi connectivity index (χ0) is 16.3. The average molecular weight is 337 g/mol. The lowest BCUT2D eigenvalue weighted by Crippen LogP contribution is -2.29. The first-order valence-electron chi connectivity index (χ1n) is 7.45. The minimum Gasteiger partial charge on any atom is -0.485 e. The minimum atomic E-state index is -2.84. The molecule has 7 nitrogen and oxygen atoms in total. The van der Waals surface area contributed by atoms with Gasteiger partial charge >= 0.3 is 0 Å². The summed E-state index contributed by atoms with van der Waals surface area (Å²) < 4.78 is 33.3. The number of rotatable bonds is 6. The molecule has 1 fully saturated rings. The van der Waals surface area contributed by atoms with Crippen LogP contribution in [0.5, 0.6) is 5.75 Å². The first kappa shape index (κ1) is 15.9. The van der Waals surface area contributed by atoms with Crippen molar-refractivity contribution in [3.63, 3.8) is 0 Å².